The quantitative estimate of drug-likeness (QED) is 0.564. The second kappa shape index (κ2) is 6.86. The Kier molecular flexibility index (Phi) is 4.21. The van der Waals surface area contributed by atoms with E-state index in [1.165, 1.54) is 16.4 Å². The first-order valence-electron chi connectivity index (χ1n) is 8.90. The number of carbonyl (C=O) groups is 1. The van der Waals surface area contributed by atoms with Crippen molar-refractivity contribution < 1.29 is 4.79 Å². The van der Waals surface area contributed by atoms with Crippen LogP contribution in [0.25, 0.3) is 21.3 Å². The van der Waals surface area contributed by atoms with E-state index in [1.54, 1.807) is 11.3 Å². The molecule has 0 radical (unpaired) electrons. The molecule has 3 heterocycles. The monoisotopic (exact) mass is 395 g/mol. The molecule has 8 heteroatoms. The lowest BCUT2D eigenvalue weighted by atomic mass is 9.96. The van der Waals surface area contributed by atoms with E-state index in [9.17, 15) is 4.79 Å². The fourth-order valence-electron chi connectivity index (χ4n) is 3.47. The third-order valence-electron chi connectivity index (χ3n) is 4.96. The van der Waals surface area contributed by atoms with Crippen molar-refractivity contribution in [2.24, 2.45) is 5.92 Å². The Labute approximate surface area is 164 Å². The van der Waals surface area contributed by atoms with Crippen molar-refractivity contribution in [3.8, 4) is 0 Å². The summed E-state index contributed by atoms with van der Waals surface area (Å²) in [5, 5.41) is 4.10. The van der Waals surface area contributed by atoms with Crippen LogP contribution in [0.15, 0.2) is 42.5 Å². The number of aromatic nitrogens is 3. The van der Waals surface area contributed by atoms with Crippen LogP contribution >= 0.6 is 23.1 Å². The summed E-state index contributed by atoms with van der Waals surface area (Å²) in [6.45, 7) is 1.70. The Bertz CT molecular complexity index is 1080. The van der Waals surface area contributed by atoms with Gasteiger partial charge in [0.05, 0.1) is 27.6 Å². The van der Waals surface area contributed by atoms with E-state index in [1.807, 2.05) is 36.4 Å². The van der Waals surface area contributed by atoms with Crippen molar-refractivity contribution in [3.05, 3.63) is 42.5 Å². The van der Waals surface area contributed by atoms with Gasteiger partial charge >= 0.3 is 0 Å². The molecule has 0 spiro atoms. The van der Waals surface area contributed by atoms with E-state index in [2.05, 4.69) is 25.0 Å². The number of benzene rings is 2. The van der Waals surface area contributed by atoms with Gasteiger partial charge in [-0.05, 0) is 37.1 Å². The highest BCUT2D eigenvalue weighted by molar-refractivity contribution is 7.22. The molecule has 6 nitrogen and oxygen atoms in total. The van der Waals surface area contributed by atoms with Crippen LogP contribution < -0.4 is 10.2 Å². The lowest BCUT2D eigenvalue weighted by Gasteiger charge is -2.31. The molecule has 1 amide bonds. The second-order valence-corrected chi connectivity index (χ2v) is 8.19. The molecule has 1 fully saturated rings. The highest BCUT2D eigenvalue weighted by Gasteiger charge is 2.27. The smallest absolute Gasteiger partial charge is 0.227 e. The average Bonchev–Trinajstić information content (AvgIpc) is 3.35. The third-order valence-corrected chi connectivity index (χ3v) is 6.60. The predicted molar refractivity (Wildman–Crippen MR) is 111 cm³/mol. The third kappa shape index (κ3) is 3.15. The highest BCUT2D eigenvalue weighted by atomic mass is 32.1. The molecular weight excluding hydrogens is 378 g/mol. The summed E-state index contributed by atoms with van der Waals surface area (Å²) >= 11 is 2.88. The van der Waals surface area contributed by atoms with E-state index in [-0.39, 0.29) is 11.8 Å². The molecule has 136 valence electrons. The summed E-state index contributed by atoms with van der Waals surface area (Å²) in [5.41, 5.74) is 3.38. The minimum atomic E-state index is 0.0116. The topological polar surface area (TPSA) is 71.0 Å². The van der Waals surface area contributed by atoms with Crippen LogP contribution in [-0.4, -0.2) is 32.7 Å². The van der Waals surface area contributed by atoms with Crippen molar-refractivity contribution in [2.75, 3.05) is 23.3 Å². The number of anilines is 2. The van der Waals surface area contributed by atoms with Crippen LogP contribution in [-0.2, 0) is 4.79 Å². The summed E-state index contributed by atoms with van der Waals surface area (Å²) in [6, 6.07) is 13.9. The van der Waals surface area contributed by atoms with E-state index in [0.717, 1.165) is 53.3 Å². The van der Waals surface area contributed by atoms with Gasteiger partial charge in [0.25, 0.3) is 0 Å². The van der Waals surface area contributed by atoms with Crippen LogP contribution in [0.5, 0.6) is 0 Å². The molecule has 1 saturated heterocycles. The summed E-state index contributed by atoms with van der Waals surface area (Å²) < 4.78 is 9.72. The predicted octanol–water partition coefficient (Wildman–Crippen LogP) is 4.16. The Morgan fingerprint density at radius 1 is 1.04 bits per heavy atom. The van der Waals surface area contributed by atoms with Gasteiger partial charge in [0.2, 0.25) is 5.91 Å². The van der Waals surface area contributed by atoms with Crippen LogP contribution in [0.3, 0.4) is 0 Å². The average molecular weight is 396 g/mol. The number of thiazole rings is 1. The van der Waals surface area contributed by atoms with E-state index >= 15 is 0 Å². The van der Waals surface area contributed by atoms with Gasteiger partial charge in [0, 0.05) is 19.0 Å². The summed E-state index contributed by atoms with van der Waals surface area (Å²) in [6.07, 6.45) is 1.65. The first-order valence-corrected chi connectivity index (χ1v) is 10.5. The number of fused-ring (bicyclic) bond motifs is 2. The molecule has 2 aromatic carbocycles. The van der Waals surface area contributed by atoms with E-state index < -0.39 is 0 Å². The lowest BCUT2D eigenvalue weighted by molar-refractivity contribution is -0.120. The molecule has 2 aromatic heterocycles. The molecule has 5 rings (SSSR count). The number of piperidine rings is 1. The van der Waals surface area contributed by atoms with Crippen LogP contribution in [0, 0.1) is 5.92 Å². The Morgan fingerprint density at radius 3 is 2.70 bits per heavy atom. The summed E-state index contributed by atoms with van der Waals surface area (Å²) in [5.74, 6) is 0.0805. The van der Waals surface area contributed by atoms with E-state index in [4.69, 9.17) is 4.98 Å². The maximum atomic E-state index is 12.7. The van der Waals surface area contributed by atoms with Crippen molar-refractivity contribution in [2.45, 2.75) is 12.8 Å². The first-order chi connectivity index (χ1) is 13.3. The van der Waals surface area contributed by atoms with Gasteiger partial charge in [-0.1, -0.05) is 29.5 Å². The molecule has 0 aliphatic carbocycles. The summed E-state index contributed by atoms with van der Waals surface area (Å²) in [7, 11) is 0. The zero-order valence-corrected chi connectivity index (χ0v) is 16.1. The molecule has 1 aliphatic heterocycles. The fraction of sp³-hybridized carbons (Fsp3) is 0.263. The molecule has 27 heavy (non-hydrogen) atoms. The zero-order chi connectivity index (χ0) is 18.2. The Hall–Kier alpha value is -2.58. The largest absolute Gasteiger partial charge is 0.348 e. The van der Waals surface area contributed by atoms with Gasteiger partial charge in [0.1, 0.15) is 11.0 Å². The summed E-state index contributed by atoms with van der Waals surface area (Å²) in [4.78, 5) is 19.8. The second-order valence-electron chi connectivity index (χ2n) is 6.65. The molecule has 0 saturated carbocycles. The van der Waals surface area contributed by atoms with Crippen LogP contribution in [0.2, 0.25) is 0 Å². The molecule has 0 unspecified atom stereocenters. The maximum Gasteiger partial charge on any atom is 0.227 e. The fourth-order valence-corrected chi connectivity index (χ4v) is 5.04. The van der Waals surface area contributed by atoms with E-state index in [0.29, 0.717) is 0 Å². The number of para-hydroxylation sites is 1. The number of hydrogen-bond acceptors (Lipinski definition) is 7. The molecule has 0 atom stereocenters. The van der Waals surface area contributed by atoms with Crippen molar-refractivity contribution in [1.82, 2.24) is 13.7 Å². The number of amides is 1. The molecule has 0 bridgehead atoms. The first kappa shape index (κ1) is 16.6. The highest BCUT2D eigenvalue weighted by Crippen LogP contribution is 2.32. The number of nitrogens with one attached hydrogen (secondary N) is 1. The van der Waals surface area contributed by atoms with Crippen LogP contribution in [0.1, 0.15) is 12.8 Å². The Balaban J connectivity index is 1.26. The minimum absolute atomic E-state index is 0.0116. The number of hydrogen-bond donors (Lipinski definition) is 1. The molecule has 4 aromatic rings. The van der Waals surface area contributed by atoms with Crippen LogP contribution in [0.4, 0.5) is 10.8 Å². The SMILES string of the molecule is O=C(Nc1cccc2nsnc12)C1CCN(c2nc3ccccc3s2)CC1. The Morgan fingerprint density at radius 2 is 1.85 bits per heavy atom. The molecular formula is C19H17N5OS2. The molecule has 1 N–H and O–H groups in total. The number of carbonyl (C=O) groups excluding carboxylic acids is 1. The van der Waals surface area contributed by atoms with Crippen molar-refractivity contribution in [1.29, 1.82) is 0 Å². The molecule has 1 aliphatic rings. The lowest BCUT2D eigenvalue weighted by Crippen LogP contribution is -2.38. The van der Waals surface area contributed by atoms with Gasteiger partial charge in [0.15, 0.2) is 5.13 Å². The van der Waals surface area contributed by atoms with Crippen molar-refractivity contribution in [3.63, 3.8) is 0 Å². The van der Waals surface area contributed by atoms with Gasteiger partial charge in [-0.3, -0.25) is 4.79 Å². The standard InChI is InChI=1S/C19H17N5OS2/c25-18(20-14-5-3-6-15-17(14)23-27-22-15)12-8-10-24(11-9-12)19-21-13-4-1-2-7-16(13)26-19/h1-7,12H,8-11H2,(H,20,25). The van der Waals surface area contributed by atoms with Gasteiger partial charge < -0.3 is 10.2 Å². The normalized spacial score (nSPS) is 15.5. The minimum Gasteiger partial charge on any atom is -0.348 e. The number of rotatable bonds is 3. The van der Waals surface area contributed by atoms with Gasteiger partial charge in [-0.15, -0.1) is 0 Å². The van der Waals surface area contributed by atoms with Gasteiger partial charge in [-0.2, -0.15) is 8.75 Å². The zero-order valence-electron chi connectivity index (χ0n) is 14.5. The van der Waals surface area contributed by atoms with Gasteiger partial charge in [-0.25, -0.2) is 4.98 Å². The van der Waals surface area contributed by atoms with Crippen molar-refractivity contribution >= 4 is 61.0 Å². The number of nitrogens with zero attached hydrogens (tertiary/aromatic N) is 4. The maximum absolute atomic E-state index is 12.7.